The number of aliphatic hydroxyl groups excluding tert-OH is 2. The molecule has 0 aromatic rings. The molecular weight excluding hydrogens is 404 g/mol. The highest BCUT2D eigenvalue weighted by Gasteiger charge is 2.51. The van der Waals surface area contributed by atoms with Crippen LogP contribution in [0.3, 0.4) is 0 Å². The molecule has 0 bridgehead atoms. The Balaban J connectivity index is 1.40. The summed E-state index contributed by atoms with van der Waals surface area (Å²) in [6.45, 7) is 0.549. The Morgan fingerprint density at radius 3 is 1.58 bits per heavy atom. The van der Waals surface area contributed by atoms with Gasteiger partial charge in [-0.25, -0.2) is 0 Å². The number of allylic oxidation sites excluding steroid dienone is 8. The summed E-state index contributed by atoms with van der Waals surface area (Å²) < 4.78 is 0. The van der Waals surface area contributed by atoms with E-state index in [1.54, 1.807) is 44.6 Å². The zero-order valence-electron chi connectivity index (χ0n) is 20.7. The molecule has 2 nitrogen and oxygen atoms in total. The van der Waals surface area contributed by atoms with Crippen LogP contribution in [0.1, 0.15) is 116 Å². The fourth-order valence-corrected chi connectivity index (χ4v) is 9.29. The lowest BCUT2D eigenvalue weighted by Gasteiger charge is -2.50. The highest BCUT2D eigenvalue weighted by molar-refractivity contribution is 5.53. The Morgan fingerprint density at radius 2 is 1.09 bits per heavy atom. The normalized spacial score (nSPS) is 31.5. The molecule has 0 spiro atoms. The largest absolute Gasteiger partial charge is 0.396 e. The zero-order chi connectivity index (χ0) is 22.4. The van der Waals surface area contributed by atoms with Crippen molar-refractivity contribution in [2.75, 3.05) is 13.2 Å². The number of aliphatic hydroxyl groups is 2. The molecule has 33 heavy (non-hydrogen) atoms. The molecule has 0 heterocycles. The number of hydrogen-bond acceptors (Lipinski definition) is 2. The van der Waals surface area contributed by atoms with Crippen molar-refractivity contribution in [2.24, 2.45) is 17.3 Å². The van der Waals surface area contributed by atoms with Crippen LogP contribution < -0.4 is 0 Å². The van der Waals surface area contributed by atoms with Crippen LogP contribution in [0, 0.1) is 17.3 Å². The molecule has 0 aromatic heterocycles. The maximum absolute atomic E-state index is 11.3. The van der Waals surface area contributed by atoms with E-state index in [9.17, 15) is 10.2 Å². The summed E-state index contributed by atoms with van der Waals surface area (Å²) in [5.41, 5.74) is 13.9. The van der Waals surface area contributed by atoms with Crippen LogP contribution >= 0.6 is 0 Å². The van der Waals surface area contributed by atoms with Crippen molar-refractivity contribution >= 4 is 0 Å². The molecule has 2 N–H and O–H groups in total. The Kier molecular flexibility index (Phi) is 6.20. The van der Waals surface area contributed by atoms with Crippen molar-refractivity contribution < 1.29 is 10.2 Å². The van der Waals surface area contributed by atoms with Gasteiger partial charge in [0.1, 0.15) is 0 Å². The third-order valence-corrected chi connectivity index (χ3v) is 10.6. The first-order valence-corrected chi connectivity index (χ1v) is 14.3. The molecule has 6 rings (SSSR count). The van der Waals surface area contributed by atoms with E-state index in [4.69, 9.17) is 0 Å². The second-order valence-electron chi connectivity index (χ2n) is 12.0. The molecule has 6 aliphatic rings. The first kappa shape index (κ1) is 22.4. The van der Waals surface area contributed by atoms with Gasteiger partial charge in [0.15, 0.2) is 0 Å². The van der Waals surface area contributed by atoms with Crippen molar-refractivity contribution in [3.05, 3.63) is 44.6 Å². The van der Waals surface area contributed by atoms with Gasteiger partial charge < -0.3 is 10.2 Å². The summed E-state index contributed by atoms with van der Waals surface area (Å²) in [7, 11) is 0. The molecule has 0 amide bonds. The zero-order valence-corrected chi connectivity index (χ0v) is 20.7. The van der Waals surface area contributed by atoms with Crippen LogP contribution in [0.15, 0.2) is 44.6 Å². The van der Waals surface area contributed by atoms with Gasteiger partial charge in [-0.1, -0.05) is 22.3 Å². The van der Waals surface area contributed by atoms with E-state index in [-0.39, 0.29) is 12.0 Å². The first-order chi connectivity index (χ1) is 16.3. The van der Waals surface area contributed by atoms with Gasteiger partial charge in [0.05, 0.1) is 0 Å². The van der Waals surface area contributed by atoms with E-state index in [0.717, 1.165) is 12.8 Å². The highest BCUT2D eigenvalue weighted by Crippen LogP contribution is 2.61. The minimum Gasteiger partial charge on any atom is -0.396 e. The first-order valence-electron chi connectivity index (χ1n) is 14.3. The standard InChI is InChI=1S/C31H44O2/c32-17-7-16-31(20-33,29-14-5-12-25-23-10-3-1-8-21(23)18-27(25)29)30-15-6-13-26-24-11-4-2-9-22(24)19-28(26)30/h29-30,32-33H,1-20H2. The molecule has 0 fully saturated rings. The fourth-order valence-electron chi connectivity index (χ4n) is 9.29. The van der Waals surface area contributed by atoms with Gasteiger partial charge in [-0.15, -0.1) is 0 Å². The molecule has 0 aromatic carbocycles. The number of fused-ring (bicyclic) bond motifs is 2. The van der Waals surface area contributed by atoms with Crippen molar-refractivity contribution in [2.45, 2.75) is 116 Å². The smallest absolute Gasteiger partial charge is 0.0498 e. The summed E-state index contributed by atoms with van der Waals surface area (Å²) in [5.74, 6) is 1.02. The molecule has 0 radical (unpaired) electrons. The Hall–Kier alpha value is -1.12. The van der Waals surface area contributed by atoms with Gasteiger partial charge >= 0.3 is 0 Å². The van der Waals surface area contributed by atoms with Crippen LogP contribution in [0.4, 0.5) is 0 Å². The van der Waals surface area contributed by atoms with Crippen LogP contribution in [0.5, 0.6) is 0 Å². The SMILES string of the molecule is OCCCC(CO)(C1CCCC2=C1CC1=C2CCCC1)C1CCCC2=C1CC1=C2CCCC1. The summed E-state index contributed by atoms with van der Waals surface area (Å²) in [4.78, 5) is 0. The van der Waals surface area contributed by atoms with Crippen LogP contribution in [-0.4, -0.2) is 23.4 Å². The second kappa shape index (κ2) is 9.15. The lowest BCUT2D eigenvalue weighted by Crippen LogP contribution is -2.45. The average molecular weight is 449 g/mol. The van der Waals surface area contributed by atoms with Crippen LogP contribution in [0.2, 0.25) is 0 Å². The van der Waals surface area contributed by atoms with E-state index in [1.165, 1.54) is 103 Å². The van der Waals surface area contributed by atoms with E-state index in [0.29, 0.717) is 18.4 Å². The molecule has 6 aliphatic carbocycles. The third kappa shape index (κ3) is 3.57. The minimum atomic E-state index is -0.0754. The highest BCUT2D eigenvalue weighted by atomic mass is 16.3. The van der Waals surface area contributed by atoms with E-state index < -0.39 is 0 Å². The Labute approximate surface area is 200 Å². The summed E-state index contributed by atoms with van der Waals surface area (Å²) >= 11 is 0. The molecule has 0 aliphatic heterocycles. The molecular formula is C31H44O2. The van der Waals surface area contributed by atoms with Crippen LogP contribution in [-0.2, 0) is 0 Å². The number of hydrogen-bond donors (Lipinski definition) is 2. The summed E-state index contributed by atoms with van der Waals surface area (Å²) in [6.07, 6.45) is 22.6. The van der Waals surface area contributed by atoms with Gasteiger partial charge in [0.25, 0.3) is 0 Å². The average Bonchev–Trinajstić information content (AvgIpc) is 3.44. The molecule has 0 saturated heterocycles. The predicted molar refractivity (Wildman–Crippen MR) is 135 cm³/mol. The van der Waals surface area contributed by atoms with Gasteiger partial charge in [0, 0.05) is 18.6 Å². The molecule has 2 atom stereocenters. The van der Waals surface area contributed by atoms with Crippen molar-refractivity contribution in [3.63, 3.8) is 0 Å². The van der Waals surface area contributed by atoms with Gasteiger partial charge in [-0.2, -0.15) is 0 Å². The molecule has 0 saturated carbocycles. The topological polar surface area (TPSA) is 40.5 Å². The maximum atomic E-state index is 11.3. The minimum absolute atomic E-state index is 0.0754. The van der Waals surface area contributed by atoms with Gasteiger partial charge in [-0.05, 0) is 150 Å². The molecule has 2 heteroatoms. The van der Waals surface area contributed by atoms with E-state index in [1.807, 2.05) is 0 Å². The monoisotopic (exact) mass is 448 g/mol. The fraction of sp³-hybridized carbons (Fsp3) is 0.742. The molecule has 2 unspecified atom stereocenters. The van der Waals surface area contributed by atoms with Crippen LogP contribution in [0.25, 0.3) is 0 Å². The van der Waals surface area contributed by atoms with Crippen molar-refractivity contribution in [1.29, 1.82) is 0 Å². The Morgan fingerprint density at radius 1 is 0.606 bits per heavy atom. The summed E-state index contributed by atoms with van der Waals surface area (Å²) in [5, 5.41) is 21.2. The number of rotatable bonds is 6. The maximum Gasteiger partial charge on any atom is 0.0498 e. The van der Waals surface area contributed by atoms with Crippen molar-refractivity contribution in [1.82, 2.24) is 0 Å². The van der Waals surface area contributed by atoms with Gasteiger partial charge in [-0.3, -0.25) is 0 Å². The second-order valence-corrected chi connectivity index (χ2v) is 12.0. The molecule has 180 valence electrons. The van der Waals surface area contributed by atoms with E-state index in [2.05, 4.69) is 0 Å². The summed E-state index contributed by atoms with van der Waals surface area (Å²) in [6, 6.07) is 0. The Bertz CT molecular complexity index is 859. The lowest BCUT2D eigenvalue weighted by molar-refractivity contribution is 0.00193. The third-order valence-electron chi connectivity index (χ3n) is 10.6. The van der Waals surface area contributed by atoms with Crippen molar-refractivity contribution in [3.8, 4) is 0 Å². The van der Waals surface area contributed by atoms with Gasteiger partial charge in [0.2, 0.25) is 0 Å². The quantitative estimate of drug-likeness (QED) is 0.442. The predicted octanol–water partition coefficient (Wildman–Crippen LogP) is 7.48. The lowest BCUT2D eigenvalue weighted by atomic mass is 9.54. The van der Waals surface area contributed by atoms with E-state index >= 15 is 0 Å².